The van der Waals surface area contributed by atoms with Gasteiger partial charge in [-0.1, -0.05) is 6.07 Å². The highest BCUT2D eigenvalue weighted by atomic mass is 19.1. The molecule has 0 saturated heterocycles. The minimum atomic E-state index is -0.496. The van der Waals surface area contributed by atoms with Gasteiger partial charge >= 0.3 is 5.97 Å². The van der Waals surface area contributed by atoms with Gasteiger partial charge in [-0.2, -0.15) is 0 Å². The zero-order chi connectivity index (χ0) is 9.84. The smallest absolute Gasteiger partial charge is 0.302 e. The second-order valence-corrected chi connectivity index (χ2v) is 2.64. The van der Waals surface area contributed by atoms with Crippen molar-refractivity contribution in [3.05, 3.63) is 29.6 Å². The van der Waals surface area contributed by atoms with Gasteiger partial charge in [0.1, 0.15) is 12.4 Å². The molecule has 4 heteroatoms. The van der Waals surface area contributed by atoms with Gasteiger partial charge in [0.05, 0.1) is 5.69 Å². The summed E-state index contributed by atoms with van der Waals surface area (Å²) in [6, 6.07) is 4.30. The summed E-state index contributed by atoms with van der Waals surface area (Å²) in [7, 11) is 0. The Morgan fingerprint density at radius 3 is 2.85 bits per heavy atom. The van der Waals surface area contributed by atoms with Crippen molar-refractivity contribution in [3.63, 3.8) is 0 Å². The molecule has 0 aliphatic carbocycles. The first-order valence-corrected chi connectivity index (χ1v) is 3.77. The lowest BCUT2D eigenvalue weighted by atomic mass is 10.2. The van der Waals surface area contributed by atoms with Gasteiger partial charge in [-0.15, -0.1) is 0 Å². The molecular formula is C9H10FNO2. The highest BCUT2D eigenvalue weighted by Crippen LogP contribution is 2.12. The van der Waals surface area contributed by atoms with Crippen molar-refractivity contribution in [1.29, 1.82) is 0 Å². The number of nitrogen functional groups attached to an aromatic ring is 1. The van der Waals surface area contributed by atoms with Crippen LogP contribution >= 0.6 is 0 Å². The van der Waals surface area contributed by atoms with Crippen molar-refractivity contribution in [2.75, 3.05) is 5.73 Å². The largest absolute Gasteiger partial charge is 0.461 e. The van der Waals surface area contributed by atoms with Crippen LogP contribution in [0, 0.1) is 5.82 Å². The molecule has 0 saturated carbocycles. The zero-order valence-electron chi connectivity index (χ0n) is 7.21. The number of carbonyl (C=O) groups excluding carboxylic acids is 1. The molecule has 70 valence electrons. The molecule has 0 aromatic heterocycles. The Labute approximate surface area is 75.3 Å². The van der Waals surface area contributed by atoms with Crippen LogP contribution in [-0.2, 0) is 16.1 Å². The fourth-order valence-electron chi connectivity index (χ4n) is 0.845. The topological polar surface area (TPSA) is 52.3 Å². The lowest BCUT2D eigenvalue weighted by Gasteiger charge is -2.03. The molecule has 0 amide bonds. The maximum atomic E-state index is 12.8. The molecule has 13 heavy (non-hydrogen) atoms. The molecule has 2 N–H and O–H groups in total. The average molecular weight is 183 g/mol. The molecule has 0 heterocycles. The Kier molecular flexibility index (Phi) is 2.84. The number of carbonyl (C=O) groups is 1. The van der Waals surface area contributed by atoms with Crippen molar-refractivity contribution in [3.8, 4) is 0 Å². The number of ether oxygens (including phenoxy) is 1. The van der Waals surface area contributed by atoms with Crippen LogP contribution in [0.5, 0.6) is 0 Å². The number of benzene rings is 1. The van der Waals surface area contributed by atoms with E-state index in [1.54, 1.807) is 6.07 Å². The van der Waals surface area contributed by atoms with Crippen LogP contribution in [0.25, 0.3) is 0 Å². The second kappa shape index (κ2) is 3.89. The number of nitrogens with two attached hydrogens (primary N) is 1. The summed E-state index contributed by atoms with van der Waals surface area (Å²) < 4.78 is 17.5. The summed E-state index contributed by atoms with van der Waals surface area (Å²) in [5.41, 5.74) is 5.94. The van der Waals surface area contributed by atoms with E-state index in [1.165, 1.54) is 19.1 Å². The van der Waals surface area contributed by atoms with Gasteiger partial charge < -0.3 is 10.5 Å². The Balaban J connectivity index is 2.68. The molecule has 1 rings (SSSR count). The number of hydrogen-bond acceptors (Lipinski definition) is 3. The molecule has 1 aromatic rings. The highest BCUT2D eigenvalue weighted by Gasteiger charge is 2.01. The van der Waals surface area contributed by atoms with Crippen molar-refractivity contribution in [2.45, 2.75) is 13.5 Å². The summed E-state index contributed by atoms with van der Waals surface area (Å²) in [5.74, 6) is -0.887. The van der Waals surface area contributed by atoms with Crippen molar-refractivity contribution >= 4 is 11.7 Å². The number of anilines is 1. The third-order valence-electron chi connectivity index (χ3n) is 1.51. The maximum absolute atomic E-state index is 12.8. The van der Waals surface area contributed by atoms with E-state index in [-0.39, 0.29) is 12.3 Å². The minimum Gasteiger partial charge on any atom is -0.461 e. The van der Waals surface area contributed by atoms with E-state index in [2.05, 4.69) is 4.74 Å². The molecule has 0 bridgehead atoms. The van der Waals surface area contributed by atoms with E-state index in [4.69, 9.17) is 5.73 Å². The van der Waals surface area contributed by atoms with Crippen molar-refractivity contribution in [1.82, 2.24) is 0 Å². The van der Waals surface area contributed by atoms with Crippen LogP contribution in [0.3, 0.4) is 0 Å². The van der Waals surface area contributed by atoms with Gasteiger partial charge in [0.15, 0.2) is 0 Å². The summed E-state index contributed by atoms with van der Waals surface area (Å²) in [6.07, 6.45) is 0. The number of hydrogen-bond donors (Lipinski definition) is 1. The fourth-order valence-corrected chi connectivity index (χ4v) is 0.845. The van der Waals surface area contributed by atoms with E-state index in [0.717, 1.165) is 0 Å². The Bertz CT molecular complexity index is 325. The molecule has 0 unspecified atom stereocenters. The SMILES string of the molecule is CC(=O)OCc1ccc(N)c(F)c1. The average Bonchev–Trinajstić information content (AvgIpc) is 2.07. The highest BCUT2D eigenvalue weighted by molar-refractivity contribution is 5.65. The molecule has 0 fully saturated rings. The van der Waals surface area contributed by atoms with Crippen LogP contribution in [0.1, 0.15) is 12.5 Å². The van der Waals surface area contributed by atoms with Gasteiger partial charge in [-0.25, -0.2) is 4.39 Å². The first-order chi connectivity index (χ1) is 6.09. The summed E-state index contributed by atoms with van der Waals surface area (Å²) >= 11 is 0. The number of esters is 1. The van der Waals surface area contributed by atoms with E-state index < -0.39 is 11.8 Å². The van der Waals surface area contributed by atoms with E-state index in [0.29, 0.717) is 5.56 Å². The van der Waals surface area contributed by atoms with Crippen LogP contribution in [0.15, 0.2) is 18.2 Å². The van der Waals surface area contributed by atoms with Gasteiger partial charge in [0, 0.05) is 6.92 Å². The molecule has 0 aliphatic rings. The molecular weight excluding hydrogens is 173 g/mol. The molecule has 0 atom stereocenters. The lowest BCUT2D eigenvalue weighted by Crippen LogP contribution is -2.00. The van der Waals surface area contributed by atoms with Gasteiger partial charge in [-0.05, 0) is 17.7 Å². The Morgan fingerprint density at radius 2 is 2.31 bits per heavy atom. The number of halogens is 1. The van der Waals surface area contributed by atoms with Gasteiger partial charge in [0.25, 0.3) is 0 Å². The van der Waals surface area contributed by atoms with Crippen LogP contribution < -0.4 is 5.73 Å². The number of rotatable bonds is 2. The Morgan fingerprint density at radius 1 is 1.62 bits per heavy atom. The zero-order valence-corrected chi connectivity index (χ0v) is 7.21. The van der Waals surface area contributed by atoms with E-state index in [9.17, 15) is 9.18 Å². The van der Waals surface area contributed by atoms with Crippen molar-refractivity contribution < 1.29 is 13.9 Å². The van der Waals surface area contributed by atoms with Gasteiger partial charge in [0.2, 0.25) is 0 Å². The second-order valence-electron chi connectivity index (χ2n) is 2.64. The molecule has 0 radical (unpaired) electrons. The van der Waals surface area contributed by atoms with Crippen molar-refractivity contribution in [2.24, 2.45) is 0 Å². The quantitative estimate of drug-likeness (QED) is 0.558. The minimum absolute atomic E-state index is 0.0759. The standard InChI is InChI=1S/C9H10FNO2/c1-6(12)13-5-7-2-3-9(11)8(10)4-7/h2-4H,5,11H2,1H3. The lowest BCUT2D eigenvalue weighted by molar-refractivity contribution is -0.142. The van der Waals surface area contributed by atoms with E-state index in [1.807, 2.05) is 0 Å². The normalized spacial score (nSPS) is 9.69. The molecule has 0 spiro atoms. The van der Waals surface area contributed by atoms with Gasteiger partial charge in [-0.3, -0.25) is 4.79 Å². The molecule has 3 nitrogen and oxygen atoms in total. The first-order valence-electron chi connectivity index (χ1n) is 3.77. The third-order valence-corrected chi connectivity index (χ3v) is 1.51. The summed E-state index contributed by atoms with van der Waals surface area (Å²) in [5, 5.41) is 0. The maximum Gasteiger partial charge on any atom is 0.302 e. The molecule has 0 aliphatic heterocycles. The molecule has 1 aromatic carbocycles. The predicted molar refractivity (Wildman–Crippen MR) is 46.3 cm³/mol. The summed E-state index contributed by atoms with van der Waals surface area (Å²) in [4.78, 5) is 10.4. The fraction of sp³-hybridized carbons (Fsp3) is 0.222. The van der Waals surface area contributed by atoms with Crippen LogP contribution in [0.2, 0.25) is 0 Å². The monoisotopic (exact) mass is 183 g/mol. The third kappa shape index (κ3) is 2.74. The van der Waals surface area contributed by atoms with E-state index >= 15 is 0 Å². The first kappa shape index (κ1) is 9.51. The Hall–Kier alpha value is -1.58. The summed E-state index contributed by atoms with van der Waals surface area (Å²) in [6.45, 7) is 1.38. The van der Waals surface area contributed by atoms with Crippen LogP contribution in [-0.4, -0.2) is 5.97 Å². The van der Waals surface area contributed by atoms with Crippen LogP contribution in [0.4, 0.5) is 10.1 Å². The predicted octanol–water partition coefficient (Wildman–Crippen LogP) is 1.47.